The maximum absolute atomic E-state index is 13.0. The number of amides is 2. The first-order chi connectivity index (χ1) is 17.2. The van der Waals surface area contributed by atoms with Crippen LogP contribution in [0.15, 0.2) is 48.5 Å². The Hall–Kier alpha value is -3.82. The van der Waals surface area contributed by atoms with Crippen LogP contribution in [0.3, 0.4) is 0 Å². The number of halogens is 3. The molecule has 2 aliphatic rings. The molecule has 188 valence electrons. The minimum atomic E-state index is -4.56. The maximum Gasteiger partial charge on any atom is 0.416 e. The first kappa shape index (κ1) is 23.9. The van der Waals surface area contributed by atoms with Crippen LogP contribution in [-0.2, 0) is 6.18 Å². The highest BCUT2D eigenvalue weighted by molar-refractivity contribution is 6.04. The third kappa shape index (κ3) is 5.07. The first-order valence-corrected chi connectivity index (χ1v) is 11.9. The first-order valence-electron chi connectivity index (χ1n) is 11.9. The fraction of sp³-hybridized carbons (Fsp3) is 0.346. The number of phenols is 1. The summed E-state index contributed by atoms with van der Waals surface area (Å²) >= 11 is 0. The van der Waals surface area contributed by atoms with E-state index in [1.165, 1.54) is 22.9 Å². The topological polar surface area (TPSA) is 96.3 Å². The summed E-state index contributed by atoms with van der Waals surface area (Å²) < 4.78 is 40.3. The van der Waals surface area contributed by atoms with Gasteiger partial charge in [-0.2, -0.15) is 23.0 Å². The number of nitrogens with zero attached hydrogens (tertiary/aromatic N) is 2. The van der Waals surface area contributed by atoms with Crippen molar-refractivity contribution < 1.29 is 27.9 Å². The summed E-state index contributed by atoms with van der Waals surface area (Å²) in [6, 6.07) is 10.2. The van der Waals surface area contributed by atoms with Gasteiger partial charge in [0.1, 0.15) is 5.75 Å². The average Bonchev–Trinajstić information content (AvgIpc) is 3.30. The molecule has 2 aliphatic carbocycles. The number of alkyl halides is 3. The van der Waals surface area contributed by atoms with Crippen molar-refractivity contribution in [3.8, 4) is 17.0 Å². The van der Waals surface area contributed by atoms with Crippen LogP contribution in [0.1, 0.15) is 66.1 Å². The van der Waals surface area contributed by atoms with E-state index in [1.807, 2.05) is 6.07 Å². The van der Waals surface area contributed by atoms with Crippen molar-refractivity contribution in [1.82, 2.24) is 15.1 Å². The van der Waals surface area contributed by atoms with E-state index in [9.17, 15) is 27.9 Å². The van der Waals surface area contributed by atoms with Gasteiger partial charge >= 0.3 is 12.2 Å². The molecule has 3 aromatic rings. The second-order valence-corrected chi connectivity index (χ2v) is 9.34. The number of benzene rings is 2. The van der Waals surface area contributed by atoms with Crippen LogP contribution in [0.5, 0.6) is 5.75 Å². The van der Waals surface area contributed by atoms with Gasteiger partial charge in [-0.15, -0.1) is 0 Å². The van der Waals surface area contributed by atoms with Crippen molar-refractivity contribution in [2.75, 3.05) is 5.32 Å². The van der Waals surface area contributed by atoms with E-state index in [1.54, 1.807) is 6.07 Å². The monoisotopic (exact) mass is 498 g/mol. The highest BCUT2D eigenvalue weighted by atomic mass is 19.4. The average molecular weight is 499 g/mol. The van der Waals surface area contributed by atoms with Crippen LogP contribution < -0.4 is 10.6 Å². The molecule has 7 nitrogen and oxygen atoms in total. The van der Waals surface area contributed by atoms with E-state index < -0.39 is 17.6 Å². The van der Waals surface area contributed by atoms with Gasteiger partial charge in [-0.1, -0.05) is 18.9 Å². The summed E-state index contributed by atoms with van der Waals surface area (Å²) in [6.07, 6.45) is 1.44. The molecule has 3 N–H and O–H groups in total. The van der Waals surface area contributed by atoms with Crippen molar-refractivity contribution in [3.63, 3.8) is 0 Å². The molecule has 36 heavy (non-hydrogen) atoms. The molecule has 10 heteroatoms. The standard InChI is InChI=1S/C26H25F3N4O3/c27-26(28,29)17-7-3-6-16(12-17)24(35)30-19-10-11-20(23(34)13-19)21-14-22(15-4-1-2-5-15)33(32-21)25(36)31-18-8-9-18/h3,6-7,10-15,18,34H,1-2,4-5,8-9H2,(H,30,35)(H,31,36). The molecular formula is C26H25F3N4O3. The molecule has 0 aliphatic heterocycles. The smallest absolute Gasteiger partial charge is 0.416 e. The quantitative estimate of drug-likeness (QED) is 0.408. The summed E-state index contributed by atoms with van der Waals surface area (Å²) in [5, 5.41) is 20.6. The number of aromatic hydroxyl groups is 1. The molecule has 5 rings (SSSR count). The lowest BCUT2D eigenvalue weighted by Gasteiger charge is -2.11. The molecule has 0 radical (unpaired) electrons. The Kier molecular flexibility index (Phi) is 6.19. The molecule has 0 atom stereocenters. The molecule has 0 spiro atoms. The van der Waals surface area contributed by atoms with E-state index in [0.29, 0.717) is 11.3 Å². The van der Waals surface area contributed by atoms with Crippen LogP contribution in [-0.4, -0.2) is 32.9 Å². The van der Waals surface area contributed by atoms with Crippen molar-refractivity contribution in [3.05, 3.63) is 65.4 Å². The second-order valence-electron chi connectivity index (χ2n) is 9.34. The molecule has 2 aromatic carbocycles. The fourth-order valence-corrected chi connectivity index (χ4v) is 4.53. The maximum atomic E-state index is 13.0. The Balaban J connectivity index is 1.38. The predicted octanol–water partition coefficient (Wildman–Crippen LogP) is 5.90. The molecular weight excluding hydrogens is 473 g/mol. The molecule has 0 bridgehead atoms. The van der Waals surface area contributed by atoms with E-state index in [0.717, 1.165) is 62.4 Å². The lowest BCUT2D eigenvalue weighted by molar-refractivity contribution is -0.137. The zero-order chi connectivity index (χ0) is 25.4. The Morgan fingerprint density at radius 3 is 2.42 bits per heavy atom. The Labute approximate surface area is 205 Å². The van der Waals surface area contributed by atoms with Crippen LogP contribution in [0.4, 0.5) is 23.7 Å². The molecule has 0 saturated heterocycles. The number of hydrogen-bond acceptors (Lipinski definition) is 4. The van der Waals surface area contributed by atoms with Crippen LogP contribution in [0, 0.1) is 0 Å². The summed E-state index contributed by atoms with van der Waals surface area (Å²) in [5.74, 6) is -0.704. The largest absolute Gasteiger partial charge is 0.507 e. The Morgan fingerprint density at radius 2 is 1.75 bits per heavy atom. The van der Waals surface area contributed by atoms with Gasteiger partial charge < -0.3 is 15.7 Å². The molecule has 1 aromatic heterocycles. The fourth-order valence-electron chi connectivity index (χ4n) is 4.53. The third-order valence-electron chi connectivity index (χ3n) is 6.59. The van der Waals surface area contributed by atoms with Gasteiger partial charge in [-0.05, 0) is 62.1 Å². The number of aromatic nitrogens is 2. The molecule has 2 amide bonds. The van der Waals surface area contributed by atoms with Crippen molar-refractivity contribution in [1.29, 1.82) is 0 Å². The van der Waals surface area contributed by atoms with Crippen LogP contribution in [0.25, 0.3) is 11.3 Å². The zero-order valence-corrected chi connectivity index (χ0v) is 19.3. The number of rotatable bonds is 5. The van der Waals surface area contributed by atoms with Crippen molar-refractivity contribution in [2.45, 2.75) is 56.7 Å². The van der Waals surface area contributed by atoms with Gasteiger partial charge in [-0.3, -0.25) is 4.79 Å². The van der Waals surface area contributed by atoms with E-state index in [4.69, 9.17) is 0 Å². The summed E-state index contributed by atoms with van der Waals surface area (Å²) in [5.41, 5.74) is 0.741. The van der Waals surface area contributed by atoms with E-state index >= 15 is 0 Å². The molecule has 2 saturated carbocycles. The number of carbonyl (C=O) groups is 2. The predicted molar refractivity (Wildman–Crippen MR) is 127 cm³/mol. The molecule has 1 heterocycles. The number of anilines is 1. The van der Waals surface area contributed by atoms with Gasteiger partial charge in [0, 0.05) is 34.8 Å². The van der Waals surface area contributed by atoms with Crippen LogP contribution >= 0.6 is 0 Å². The van der Waals surface area contributed by atoms with Gasteiger partial charge in [0.2, 0.25) is 0 Å². The van der Waals surface area contributed by atoms with Crippen molar-refractivity contribution >= 4 is 17.6 Å². The SMILES string of the molecule is O=C(Nc1ccc(-c2cc(C3CCCC3)n(C(=O)NC3CC3)n2)c(O)c1)c1cccc(C(F)(F)F)c1. The summed E-state index contributed by atoms with van der Waals surface area (Å²) in [6.45, 7) is 0. The minimum Gasteiger partial charge on any atom is -0.507 e. The zero-order valence-electron chi connectivity index (χ0n) is 19.3. The number of nitrogens with one attached hydrogen (secondary N) is 2. The number of phenolic OH excluding ortho intramolecular Hbond substituents is 1. The number of hydrogen-bond donors (Lipinski definition) is 3. The third-order valence-corrected chi connectivity index (χ3v) is 6.59. The second kappa shape index (κ2) is 9.33. The lowest BCUT2D eigenvalue weighted by Crippen LogP contribution is -2.32. The van der Waals surface area contributed by atoms with Crippen LogP contribution in [0.2, 0.25) is 0 Å². The van der Waals surface area contributed by atoms with E-state index in [-0.39, 0.29) is 35.0 Å². The highest BCUT2D eigenvalue weighted by Crippen LogP contribution is 2.38. The van der Waals surface area contributed by atoms with Gasteiger partial charge in [-0.25, -0.2) is 4.79 Å². The van der Waals surface area contributed by atoms with Gasteiger partial charge in [0.15, 0.2) is 0 Å². The lowest BCUT2D eigenvalue weighted by atomic mass is 10.0. The minimum absolute atomic E-state index is 0.157. The Morgan fingerprint density at radius 1 is 1.00 bits per heavy atom. The van der Waals surface area contributed by atoms with Gasteiger partial charge in [0.25, 0.3) is 5.91 Å². The van der Waals surface area contributed by atoms with E-state index in [2.05, 4.69) is 15.7 Å². The van der Waals surface area contributed by atoms with Gasteiger partial charge in [0.05, 0.1) is 17.0 Å². The molecule has 0 unspecified atom stereocenters. The summed E-state index contributed by atoms with van der Waals surface area (Å²) in [7, 11) is 0. The van der Waals surface area contributed by atoms with Crippen molar-refractivity contribution in [2.24, 2.45) is 0 Å². The highest BCUT2D eigenvalue weighted by Gasteiger charge is 2.31. The Bertz CT molecular complexity index is 1310. The summed E-state index contributed by atoms with van der Waals surface area (Å²) in [4.78, 5) is 25.3. The number of carbonyl (C=O) groups excluding carboxylic acids is 2. The molecule has 2 fully saturated rings. The normalized spacial score (nSPS) is 16.2.